The zero-order chi connectivity index (χ0) is 23.5. The number of rotatable bonds is 5. The zero-order valence-corrected chi connectivity index (χ0v) is 17.1. The Hall–Kier alpha value is -3.94. The fourth-order valence-electron chi connectivity index (χ4n) is 3.20. The lowest BCUT2D eigenvalue weighted by atomic mass is 9.92. The Morgan fingerprint density at radius 1 is 0.844 bits per heavy atom. The number of nitrogens with one attached hydrogen (secondary N) is 1. The maximum atomic E-state index is 12.8. The molecule has 0 saturated carbocycles. The van der Waals surface area contributed by atoms with Crippen molar-refractivity contribution in [3.05, 3.63) is 77.9 Å². The number of ketones is 1. The second-order valence-electron chi connectivity index (χ2n) is 6.89. The molecule has 0 heterocycles. The van der Waals surface area contributed by atoms with Crippen molar-refractivity contribution >= 4 is 23.3 Å². The Kier molecular flexibility index (Phi) is 6.43. The standard InChI is InChI=1S/C24H18F3NO4/c1-14(29)15-11-16(18-7-3-4-9-20(18)22(30)32-2)13-17(12-15)19-8-5-6-10-21(19)28-23(31)24(25,26)27/h3-13H,1-2H3,(H,28,31). The van der Waals surface area contributed by atoms with E-state index in [2.05, 4.69) is 0 Å². The first kappa shape index (κ1) is 22.7. The van der Waals surface area contributed by atoms with Gasteiger partial charge in [-0.2, -0.15) is 13.2 Å². The average Bonchev–Trinajstić information content (AvgIpc) is 2.78. The van der Waals surface area contributed by atoms with E-state index in [1.807, 2.05) is 5.32 Å². The monoisotopic (exact) mass is 441 g/mol. The highest BCUT2D eigenvalue weighted by atomic mass is 19.4. The molecule has 0 atom stereocenters. The number of esters is 1. The first-order chi connectivity index (χ1) is 15.1. The van der Waals surface area contributed by atoms with Gasteiger partial charge < -0.3 is 10.1 Å². The fourth-order valence-corrected chi connectivity index (χ4v) is 3.20. The minimum Gasteiger partial charge on any atom is -0.465 e. The molecule has 0 fully saturated rings. The van der Waals surface area contributed by atoms with Crippen molar-refractivity contribution < 1.29 is 32.3 Å². The molecular formula is C24H18F3NO4. The third kappa shape index (κ3) is 4.85. The second kappa shape index (κ2) is 9.05. The molecule has 0 radical (unpaired) electrons. The number of alkyl halides is 3. The molecule has 0 bridgehead atoms. The number of carbonyl (C=O) groups excluding carboxylic acids is 3. The van der Waals surface area contributed by atoms with Gasteiger partial charge in [-0.05, 0) is 53.9 Å². The first-order valence-corrected chi connectivity index (χ1v) is 9.43. The van der Waals surface area contributed by atoms with Crippen molar-refractivity contribution in [2.45, 2.75) is 13.1 Å². The van der Waals surface area contributed by atoms with Crippen LogP contribution in [0.3, 0.4) is 0 Å². The van der Waals surface area contributed by atoms with Crippen LogP contribution in [-0.2, 0) is 9.53 Å². The van der Waals surface area contributed by atoms with Crippen LogP contribution in [0.2, 0.25) is 0 Å². The normalized spacial score (nSPS) is 11.0. The third-order valence-electron chi connectivity index (χ3n) is 4.73. The van der Waals surface area contributed by atoms with E-state index in [-0.39, 0.29) is 28.2 Å². The maximum absolute atomic E-state index is 12.8. The molecule has 1 N–H and O–H groups in total. The van der Waals surface area contributed by atoms with Gasteiger partial charge in [0.2, 0.25) is 0 Å². The molecule has 0 spiro atoms. The van der Waals surface area contributed by atoms with Crippen molar-refractivity contribution in [3.63, 3.8) is 0 Å². The van der Waals surface area contributed by atoms with Crippen LogP contribution in [0.5, 0.6) is 0 Å². The molecule has 0 saturated heterocycles. The van der Waals surface area contributed by atoms with Crippen LogP contribution >= 0.6 is 0 Å². The van der Waals surface area contributed by atoms with Gasteiger partial charge in [-0.3, -0.25) is 9.59 Å². The number of anilines is 1. The number of hydrogen-bond donors (Lipinski definition) is 1. The molecule has 0 aliphatic heterocycles. The van der Waals surface area contributed by atoms with E-state index in [1.165, 1.54) is 38.3 Å². The first-order valence-electron chi connectivity index (χ1n) is 9.43. The number of halogens is 3. The van der Waals surface area contributed by atoms with Gasteiger partial charge >= 0.3 is 18.1 Å². The molecule has 164 valence electrons. The van der Waals surface area contributed by atoms with Crippen molar-refractivity contribution in [2.75, 3.05) is 12.4 Å². The molecule has 32 heavy (non-hydrogen) atoms. The molecule has 0 aliphatic rings. The Morgan fingerprint density at radius 2 is 1.41 bits per heavy atom. The number of hydrogen-bond acceptors (Lipinski definition) is 4. The second-order valence-corrected chi connectivity index (χ2v) is 6.89. The summed E-state index contributed by atoms with van der Waals surface area (Å²) in [6.07, 6.45) is -5.06. The van der Waals surface area contributed by atoms with Crippen LogP contribution in [0, 0.1) is 0 Å². The molecule has 0 unspecified atom stereocenters. The lowest BCUT2D eigenvalue weighted by Crippen LogP contribution is -2.30. The summed E-state index contributed by atoms with van der Waals surface area (Å²) in [7, 11) is 1.25. The fraction of sp³-hybridized carbons (Fsp3) is 0.125. The molecule has 0 aromatic heterocycles. The van der Waals surface area contributed by atoms with Crippen LogP contribution in [0.4, 0.5) is 18.9 Å². The Morgan fingerprint density at radius 3 is 2.00 bits per heavy atom. The summed E-state index contributed by atoms with van der Waals surface area (Å²) in [4.78, 5) is 35.9. The number of amides is 1. The number of methoxy groups -OCH3 is 1. The van der Waals surface area contributed by atoms with Crippen LogP contribution in [0.15, 0.2) is 66.7 Å². The van der Waals surface area contributed by atoms with Gasteiger partial charge in [0, 0.05) is 16.8 Å². The predicted octanol–water partition coefficient (Wildman–Crippen LogP) is 5.51. The highest BCUT2D eigenvalue weighted by Crippen LogP contribution is 2.34. The zero-order valence-electron chi connectivity index (χ0n) is 17.1. The van der Waals surface area contributed by atoms with E-state index < -0.39 is 18.1 Å². The molecule has 3 aromatic rings. The van der Waals surface area contributed by atoms with Gasteiger partial charge in [-0.15, -0.1) is 0 Å². The summed E-state index contributed by atoms with van der Waals surface area (Å²) in [5.74, 6) is -2.96. The lowest BCUT2D eigenvalue weighted by molar-refractivity contribution is -0.167. The van der Waals surface area contributed by atoms with Gasteiger partial charge in [-0.25, -0.2) is 4.79 Å². The molecule has 3 aromatic carbocycles. The number of para-hydroxylation sites is 1. The lowest BCUT2D eigenvalue weighted by Gasteiger charge is -2.15. The van der Waals surface area contributed by atoms with E-state index >= 15 is 0 Å². The Labute approximate surface area is 181 Å². The minimum atomic E-state index is -5.06. The Balaban J connectivity index is 2.20. The van der Waals surface area contributed by atoms with E-state index in [0.717, 1.165) is 0 Å². The summed E-state index contributed by atoms with van der Waals surface area (Å²) < 4.78 is 43.2. The smallest absolute Gasteiger partial charge is 0.465 e. The van der Waals surface area contributed by atoms with Crippen molar-refractivity contribution in [1.29, 1.82) is 0 Å². The van der Waals surface area contributed by atoms with E-state index in [4.69, 9.17) is 4.74 Å². The molecule has 5 nitrogen and oxygen atoms in total. The topological polar surface area (TPSA) is 72.5 Å². The molecule has 1 amide bonds. The van der Waals surface area contributed by atoms with Crippen LogP contribution in [-0.4, -0.2) is 30.9 Å². The number of ether oxygens (including phenoxy) is 1. The van der Waals surface area contributed by atoms with Gasteiger partial charge in [0.1, 0.15) is 0 Å². The SMILES string of the molecule is COC(=O)c1ccccc1-c1cc(C(C)=O)cc(-c2ccccc2NC(=O)C(F)(F)F)c1. The summed E-state index contributed by atoms with van der Waals surface area (Å²) in [5, 5.41) is 1.87. The van der Waals surface area contributed by atoms with Crippen LogP contribution in [0.25, 0.3) is 22.3 Å². The van der Waals surface area contributed by atoms with Gasteiger partial charge in [0.15, 0.2) is 5.78 Å². The summed E-state index contributed by atoms with van der Waals surface area (Å²) in [5.41, 5.74) is 2.14. The van der Waals surface area contributed by atoms with Crippen molar-refractivity contribution in [2.24, 2.45) is 0 Å². The predicted molar refractivity (Wildman–Crippen MR) is 113 cm³/mol. The summed E-state index contributed by atoms with van der Waals surface area (Å²) >= 11 is 0. The van der Waals surface area contributed by atoms with E-state index in [1.54, 1.807) is 42.5 Å². The van der Waals surface area contributed by atoms with E-state index in [0.29, 0.717) is 16.7 Å². The van der Waals surface area contributed by atoms with Gasteiger partial charge in [-0.1, -0.05) is 36.4 Å². The number of Topliss-reactive ketones (excluding diaryl/α,β-unsaturated/α-hetero) is 1. The number of benzene rings is 3. The largest absolute Gasteiger partial charge is 0.471 e. The maximum Gasteiger partial charge on any atom is 0.471 e. The highest BCUT2D eigenvalue weighted by Gasteiger charge is 2.39. The van der Waals surface area contributed by atoms with Crippen molar-refractivity contribution in [3.8, 4) is 22.3 Å². The minimum absolute atomic E-state index is 0.0669. The van der Waals surface area contributed by atoms with Gasteiger partial charge in [0.05, 0.1) is 12.7 Å². The molecule has 3 rings (SSSR count). The summed E-state index contributed by atoms with van der Waals surface area (Å²) in [6, 6.07) is 17.3. The quantitative estimate of drug-likeness (QED) is 0.419. The highest BCUT2D eigenvalue weighted by molar-refractivity contribution is 6.02. The summed E-state index contributed by atoms with van der Waals surface area (Å²) in [6.45, 7) is 1.35. The number of carbonyl (C=O) groups is 3. The van der Waals surface area contributed by atoms with Crippen LogP contribution in [0.1, 0.15) is 27.6 Å². The molecule has 8 heteroatoms. The average molecular weight is 441 g/mol. The molecule has 0 aliphatic carbocycles. The Bertz CT molecular complexity index is 1200. The van der Waals surface area contributed by atoms with Crippen LogP contribution < -0.4 is 5.32 Å². The van der Waals surface area contributed by atoms with Crippen molar-refractivity contribution in [1.82, 2.24) is 0 Å². The van der Waals surface area contributed by atoms with Gasteiger partial charge in [0.25, 0.3) is 0 Å². The van der Waals surface area contributed by atoms with E-state index in [9.17, 15) is 27.6 Å². The molecular weight excluding hydrogens is 423 g/mol. The third-order valence-corrected chi connectivity index (χ3v) is 4.73.